The van der Waals surface area contributed by atoms with Crippen LogP contribution in [0.1, 0.15) is 43.0 Å². The zero-order valence-corrected chi connectivity index (χ0v) is 11.7. The van der Waals surface area contributed by atoms with Gasteiger partial charge in [-0.05, 0) is 37.5 Å². The van der Waals surface area contributed by atoms with Crippen molar-refractivity contribution in [2.75, 3.05) is 24.3 Å². The third-order valence-electron chi connectivity index (χ3n) is 3.48. The lowest BCUT2D eigenvalue weighted by Gasteiger charge is -2.26. The van der Waals surface area contributed by atoms with Crippen molar-refractivity contribution in [1.82, 2.24) is 0 Å². The molecule has 0 amide bonds. The van der Waals surface area contributed by atoms with Crippen LogP contribution in [0.2, 0.25) is 0 Å². The molecule has 1 aliphatic rings. The van der Waals surface area contributed by atoms with E-state index in [1.165, 1.54) is 20.0 Å². The van der Waals surface area contributed by atoms with E-state index in [1.807, 2.05) is 12.1 Å². The van der Waals surface area contributed by atoms with E-state index in [1.54, 1.807) is 6.07 Å². The number of rotatable bonds is 6. The fourth-order valence-corrected chi connectivity index (χ4v) is 2.29. The van der Waals surface area contributed by atoms with Crippen LogP contribution in [0.4, 0.5) is 11.4 Å². The normalized spacial score (nSPS) is 14.2. The van der Waals surface area contributed by atoms with Crippen LogP contribution < -0.4 is 10.6 Å². The fraction of sp³-hybridized carbons (Fsp3) is 0.533. The second-order valence-corrected chi connectivity index (χ2v) is 5.05. The molecule has 0 spiro atoms. The Balaban J connectivity index is 2.32. The molecule has 4 nitrogen and oxygen atoms in total. The van der Waals surface area contributed by atoms with E-state index >= 15 is 0 Å². The Bertz CT molecular complexity index is 455. The first-order chi connectivity index (χ1) is 9.17. The molecule has 0 aromatic heterocycles. The van der Waals surface area contributed by atoms with Crippen LogP contribution in [0.3, 0.4) is 0 Å². The van der Waals surface area contributed by atoms with Crippen molar-refractivity contribution >= 4 is 17.3 Å². The van der Waals surface area contributed by atoms with Crippen molar-refractivity contribution in [3.05, 3.63) is 23.8 Å². The Morgan fingerprint density at radius 3 is 2.79 bits per heavy atom. The van der Waals surface area contributed by atoms with Gasteiger partial charge in [-0.3, -0.25) is 0 Å². The Hall–Kier alpha value is -1.71. The van der Waals surface area contributed by atoms with Gasteiger partial charge in [0.15, 0.2) is 0 Å². The molecule has 19 heavy (non-hydrogen) atoms. The molecule has 2 N–H and O–H groups in total. The third-order valence-corrected chi connectivity index (χ3v) is 3.48. The molecule has 0 unspecified atom stereocenters. The highest BCUT2D eigenvalue weighted by Crippen LogP contribution is 2.34. The van der Waals surface area contributed by atoms with E-state index in [2.05, 4.69) is 11.8 Å². The number of methoxy groups -OCH3 is 1. The molecule has 104 valence electrons. The van der Waals surface area contributed by atoms with Crippen molar-refractivity contribution in [1.29, 1.82) is 0 Å². The van der Waals surface area contributed by atoms with Gasteiger partial charge < -0.3 is 15.4 Å². The third kappa shape index (κ3) is 3.19. The zero-order valence-electron chi connectivity index (χ0n) is 11.7. The Morgan fingerprint density at radius 2 is 2.21 bits per heavy atom. The van der Waals surface area contributed by atoms with Gasteiger partial charge in [-0.1, -0.05) is 13.3 Å². The number of benzene rings is 1. The summed E-state index contributed by atoms with van der Waals surface area (Å²) in [6.45, 7) is 3.16. The molecule has 1 aromatic carbocycles. The molecule has 1 aromatic rings. The first-order valence-electron chi connectivity index (χ1n) is 6.91. The summed E-state index contributed by atoms with van der Waals surface area (Å²) < 4.78 is 4.87. The summed E-state index contributed by atoms with van der Waals surface area (Å²) >= 11 is 0. The highest BCUT2D eigenvalue weighted by Gasteiger charge is 2.31. The van der Waals surface area contributed by atoms with Gasteiger partial charge in [-0.15, -0.1) is 0 Å². The van der Waals surface area contributed by atoms with Crippen molar-refractivity contribution in [3.8, 4) is 0 Å². The molecular weight excluding hydrogens is 240 g/mol. The van der Waals surface area contributed by atoms with Crippen LogP contribution >= 0.6 is 0 Å². The minimum Gasteiger partial charge on any atom is -0.465 e. The Morgan fingerprint density at radius 1 is 1.47 bits per heavy atom. The van der Waals surface area contributed by atoms with E-state index in [9.17, 15) is 4.79 Å². The van der Waals surface area contributed by atoms with Crippen LogP contribution in [-0.2, 0) is 4.74 Å². The van der Waals surface area contributed by atoms with Crippen molar-refractivity contribution < 1.29 is 9.53 Å². The lowest BCUT2D eigenvalue weighted by molar-refractivity contribution is 0.0601. The second-order valence-electron chi connectivity index (χ2n) is 5.05. The molecule has 0 heterocycles. The van der Waals surface area contributed by atoms with Crippen molar-refractivity contribution in [2.45, 2.75) is 38.6 Å². The van der Waals surface area contributed by atoms with Gasteiger partial charge in [0.1, 0.15) is 0 Å². The number of hydrogen-bond donors (Lipinski definition) is 1. The van der Waals surface area contributed by atoms with Gasteiger partial charge in [0.05, 0.1) is 18.4 Å². The van der Waals surface area contributed by atoms with E-state index in [0.717, 1.165) is 25.1 Å². The SMILES string of the molecule is CCCCN(c1ccc(N)cc1C(=O)OC)C1CC1. The Labute approximate surface area is 114 Å². The van der Waals surface area contributed by atoms with Crippen molar-refractivity contribution in [2.24, 2.45) is 0 Å². The van der Waals surface area contributed by atoms with Gasteiger partial charge in [0.25, 0.3) is 0 Å². The molecule has 0 bridgehead atoms. The van der Waals surface area contributed by atoms with Gasteiger partial charge in [0, 0.05) is 18.3 Å². The molecule has 0 radical (unpaired) electrons. The van der Waals surface area contributed by atoms with Gasteiger partial charge >= 0.3 is 5.97 Å². The number of unbranched alkanes of at least 4 members (excludes halogenated alkanes) is 1. The Kier molecular flexibility index (Phi) is 4.30. The smallest absolute Gasteiger partial charge is 0.340 e. The summed E-state index contributed by atoms with van der Waals surface area (Å²) in [4.78, 5) is 14.2. The van der Waals surface area contributed by atoms with Gasteiger partial charge in [0.2, 0.25) is 0 Å². The van der Waals surface area contributed by atoms with E-state index in [4.69, 9.17) is 10.5 Å². The predicted octanol–water partition coefficient (Wildman–Crippen LogP) is 2.82. The average Bonchev–Trinajstić information content (AvgIpc) is 3.24. The number of ether oxygens (including phenoxy) is 1. The highest BCUT2D eigenvalue weighted by atomic mass is 16.5. The summed E-state index contributed by atoms with van der Waals surface area (Å²) in [6.07, 6.45) is 4.68. The summed E-state index contributed by atoms with van der Waals surface area (Å²) in [7, 11) is 1.41. The standard InChI is InChI=1S/C15H22N2O2/c1-3-4-9-17(12-6-7-12)14-8-5-11(16)10-13(14)15(18)19-2/h5,8,10,12H,3-4,6-7,9,16H2,1-2H3. The van der Waals surface area contributed by atoms with E-state index in [-0.39, 0.29) is 5.97 Å². The predicted molar refractivity (Wildman–Crippen MR) is 77.5 cm³/mol. The van der Waals surface area contributed by atoms with Crippen LogP contribution in [-0.4, -0.2) is 25.7 Å². The zero-order chi connectivity index (χ0) is 13.8. The van der Waals surface area contributed by atoms with Crippen LogP contribution in [0, 0.1) is 0 Å². The maximum absolute atomic E-state index is 11.9. The fourth-order valence-electron chi connectivity index (χ4n) is 2.29. The van der Waals surface area contributed by atoms with Crippen LogP contribution in [0.15, 0.2) is 18.2 Å². The van der Waals surface area contributed by atoms with Crippen molar-refractivity contribution in [3.63, 3.8) is 0 Å². The summed E-state index contributed by atoms with van der Waals surface area (Å²) in [5.41, 5.74) is 7.91. The molecule has 0 saturated heterocycles. The summed E-state index contributed by atoms with van der Waals surface area (Å²) in [6, 6.07) is 6.07. The lowest BCUT2D eigenvalue weighted by atomic mass is 10.1. The number of hydrogen-bond acceptors (Lipinski definition) is 4. The number of carbonyl (C=O) groups excluding carboxylic acids is 1. The first kappa shape index (κ1) is 13.7. The topological polar surface area (TPSA) is 55.6 Å². The first-order valence-corrected chi connectivity index (χ1v) is 6.91. The minimum atomic E-state index is -0.315. The molecule has 2 rings (SSSR count). The van der Waals surface area contributed by atoms with Crippen LogP contribution in [0.25, 0.3) is 0 Å². The molecular formula is C15H22N2O2. The molecule has 0 aliphatic heterocycles. The second kappa shape index (κ2) is 5.95. The quantitative estimate of drug-likeness (QED) is 0.632. The maximum Gasteiger partial charge on any atom is 0.340 e. The molecule has 4 heteroatoms. The number of carbonyl (C=O) groups is 1. The molecule has 1 saturated carbocycles. The maximum atomic E-state index is 11.9. The van der Waals surface area contributed by atoms with Crippen LogP contribution in [0.5, 0.6) is 0 Å². The highest BCUT2D eigenvalue weighted by molar-refractivity contribution is 5.97. The monoisotopic (exact) mass is 262 g/mol. The molecule has 1 fully saturated rings. The number of nitrogens with zero attached hydrogens (tertiary/aromatic N) is 1. The van der Waals surface area contributed by atoms with Gasteiger partial charge in [-0.2, -0.15) is 0 Å². The molecule has 1 aliphatic carbocycles. The molecule has 0 atom stereocenters. The number of esters is 1. The minimum absolute atomic E-state index is 0.315. The average molecular weight is 262 g/mol. The number of nitrogens with two attached hydrogens (primary N) is 1. The number of nitrogen functional groups attached to an aromatic ring is 1. The van der Waals surface area contributed by atoms with E-state index < -0.39 is 0 Å². The van der Waals surface area contributed by atoms with Gasteiger partial charge in [-0.25, -0.2) is 4.79 Å². The number of anilines is 2. The summed E-state index contributed by atoms with van der Waals surface area (Å²) in [5, 5.41) is 0. The summed E-state index contributed by atoms with van der Waals surface area (Å²) in [5.74, 6) is -0.315. The largest absolute Gasteiger partial charge is 0.465 e. The lowest BCUT2D eigenvalue weighted by Crippen LogP contribution is -2.28. The van der Waals surface area contributed by atoms with E-state index in [0.29, 0.717) is 17.3 Å².